The number of carbonyl (C=O) groups excluding carboxylic acids is 1. The normalized spacial score (nSPS) is 20.2. The van der Waals surface area contributed by atoms with Gasteiger partial charge in [-0.25, -0.2) is 19.4 Å². The second kappa shape index (κ2) is 10.3. The number of amides is 1. The van der Waals surface area contributed by atoms with Crippen LogP contribution in [-0.4, -0.2) is 49.7 Å². The fourth-order valence-electron chi connectivity index (χ4n) is 4.70. The molecule has 3 aromatic heterocycles. The van der Waals surface area contributed by atoms with Crippen molar-refractivity contribution in [3.63, 3.8) is 0 Å². The van der Waals surface area contributed by atoms with Crippen molar-refractivity contribution in [2.45, 2.75) is 37.4 Å². The number of pyridine rings is 1. The number of aliphatic imine (C=N–C) groups is 1. The second-order valence-electron chi connectivity index (χ2n) is 8.61. The van der Waals surface area contributed by atoms with Gasteiger partial charge in [-0.1, -0.05) is 35.1 Å². The number of halogens is 2. The minimum absolute atomic E-state index is 0.0669. The van der Waals surface area contributed by atoms with Crippen LogP contribution in [0.25, 0.3) is 22.4 Å². The van der Waals surface area contributed by atoms with Gasteiger partial charge in [0.05, 0.1) is 29.5 Å². The van der Waals surface area contributed by atoms with E-state index < -0.39 is 11.9 Å². The van der Waals surface area contributed by atoms with E-state index in [2.05, 4.69) is 20.3 Å². The van der Waals surface area contributed by atoms with Gasteiger partial charge >= 0.3 is 0 Å². The van der Waals surface area contributed by atoms with E-state index in [0.717, 1.165) is 24.1 Å². The van der Waals surface area contributed by atoms with E-state index in [-0.39, 0.29) is 28.8 Å². The quantitative estimate of drug-likeness (QED) is 0.216. The zero-order valence-electron chi connectivity index (χ0n) is 19.4. The summed E-state index contributed by atoms with van der Waals surface area (Å²) in [5.41, 5.74) is 14.6. The average Bonchev–Trinajstić information content (AvgIpc) is 3.49. The van der Waals surface area contributed by atoms with Gasteiger partial charge in [-0.3, -0.25) is 15.2 Å². The van der Waals surface area contributed by atoms with Crippen molar-refractivity contribution in [3.8, 4) is 11.4 Å². The number of hydrogen-bond donors (Lipinski definition) is 4. The molecule has 190 valence electrons. The first-order valence-corrected chi connectivity index (χ1v) is 12.7. The van der Waals surface area contributed by atoms with Gasteiger partial charge < -0.3 is 21.4 Å². The highest BCUT2D eigenvalue weighted by molar-refractivity contribution is 7.17. The van der Waals surface area contributed by atoms with Crippen LogP contribution in [0.4, 0.5) is 4.39 Å². The van der Waals surface area contributed by atoms with Crippen LogP contribution in [0, 0.1) is 11.2 Å². The van der Waals surface area contributed by atoms with E-state index >= 15 is 0 Å². The number of imidazole rings is 1. The molecule has 5 rings (SSSR count). The molecule has 0 saturated heterocycles. The van der Waals surface area contributed by atoms with E-state index in [1.165, 1.54) is 18.5 Å². The SMILES string of the molecule is N=CN=C(N)c1cc2c(cn1)nc(-c1ccccc1F)n2C1CCCC(NC(=O)c2ncc(Cl)s2)C1N. The maximum absolute atomic E-state index is 15.0. The second-order valence-corrected chi connectivity index (χ2v) is 10.3. The predicted octanol–water partition coefficient (Wildman–Crippen LogP) is 3.51. The summed E-state index contributed by atoms with van der Waals surface area (Å²) >= 11 is 7.04. The Bertz CT molecular complexity index is 1520. The van der Waals surface area contributed by atoms with Crippen molar-refractivity contribution in [3.05, 3.63) is 63.6 Å². The minimum atomic E-state index is -0.514. The Morgan fingerprint density at radius 1 is 1.30 bits per heavy atom. The zero-order valence-corrected chi connectivity index (χ0v) is 21.0. The molecule has 0 bridgehead atoms. The number of benzene rings is 1. The monoisotopic (exact) mass is 539 g/mol. The van der Waals surface area contributed by atoms with Crippen LogP contribution in [0.1, 0.15) is 40.8 Å². The molecule has 1 fully saturated rings. The van der Waals surface area contributed by atoms with E-state index in [0.29, 0.717) is 45.3 Å². The average molecular weight is 540 g/mol. The number of fused-ring (bicyclic) bond motifs is 1. The van der Waals surface area contributed by atoms with Crippen LogP contribution in [0.3, 0.4) is 0 Å². The maximum atomic E-state index is 15.0. The molecule has 6 N–H and O–H groups in total. The predicted molar refractivity (Wildman–Crippen MR) is 142 cm³/mol. The van der Waals surface area contributed by atoms with Gasteiger partial charge in [0.1, 0.15) is 33.5 Å². The van der Waals surface area contributed by atoms with Crippen LogP contribution in [0.5, 0.6) is 0 Å². The van der Waals surface area contributed by atoms with Crippen LogP contribution in [0.2, 0.25) is 4.34 Å². The maximum Gasteiger partial charge on any atom is 0.280 e. The zero-order chi connectivity index (χ0) is 26.1. The number of amidine groups is 1. The van der Waals surface area contributed by atoms with E-state index in [1.807, 2.05) is 4.57 Å². The first-order chi connectivity index (χ1) is 17.9. The Morgan fingerprint density at radius 2 is 2.11 bits per heavy atom. The first-order valence-electron chi connectivity index (χ1n) is 11.5. The summed E-state index contributed by atoms with van der Waals surface area (Å²) in [5, 5.41) is 10.5. The molecule has 1 amide bonds. The molecule has 4 aromatic rings. The number of rotatable bonds is 6. The molecule has 0 spiro atoms. The molecule has 1 aliphatic rings. The smallest absolute Gasteiger partial charge is 0.280 e. The van der Waals surface area contributed by atoms with Crippen LogP contribution < -0.4 is 16.8 Å². The third-order valence-corrected chi connectivity index (χ3v) is 7.51. The highest BCUT2D eigenvalue weighted by Crippen LogP contribution is 2.36. The molecule has 0 radical (unpaired) electrons. The van der Waals surface area contributed by atoms with Gasteiger partial charge in [-0.2, -0.15) is 0 Å². The Labute approximate surface area is 220 Å². The lowest BCUT2D eigenvalue weighted by Crippen LogP contribution is -2.53. The molecule has 1 aromatic carbocycles. The molecule has 3 atom stereocenters. The van der Waals surface area contributed by atoms with Crippen molar-refractivity contribution >= 4 is 52.1 Å². The van der Waals surface area contributed by atoms with Crippen molar-refractivity contribution in [1.82, 2.24) is 24.8 Å². The fourth-order valence-corrected chi connectivity index (χ4v) is 5.52. The van der Waals surface area contributed by atoms with Crippen molar-refractivity contribution in [2.75, 3.05) is 0 Å². The number of nitrogens with zero attached hydrogens (tertiary/aromatic N) is 5. The van der Waals surface area contributed by atoms with Crippen molar-refractivity contribution < 1.29 is 9.18 Å². The third kappa shape index (κ3) is 4.82. The van der Waals surface area contributed by atoms with E-state index in [9.17, 15) is 9.18 Å². The summed E-state index contributed by atoms with van der Waals surface area (Å²) in [6.07, 6.45) is 5.94. The lowest BCUT2D eigenvalue weighted by molar-refractivity contribution is 0.0910. The van der Waals surface area contributed by atoms with Crippen LogP contribution in [-0.2, 0) is 0 Å². The summed E-state index contributed by atoms with van der Waals surface area (Å²) in [6, 6.07) is 6.90. The van der Waals surface area contributed by atoms with Crippen molar-refractivity contribution in [2.24, 2.45) is 16.5 Å². The van der Waals surface area contributed by atoms with Gasteiger partial charge in [-0.15, -0.1) is 0 Å². The molecule has 1 aliphatic carbocycles. The molecule has 3 unspecified atom stereocenters. The highest BCUT2D eigenvalue weighted by Gasteiger charge is 2.36. The van der Waals surface area contributed by atoms with Gasteiger partial charge in [0.2, 0.25) is 0 Å². The Hall–Kier alpha value is -3.74. The number of thiazole rings is 1. The van der Waals surface area contributed by atoms with E-state index in [1.54, 1.807) is 24.3 Å². The summed E-state index contributed by atoms with van der Waals surface area (Å²) in [6.45, 7) is 0. The Kier molecular flexibility index (Phi) is 6.96. The van der Waals surface area contributed by atoms with Crippen LogP contribution in [0.15, 0.2) is 47.7 Å². The lowest BCUT2D eigenvalue weighted by atomic mass is 9.86. The number of nitrogens with two attached hydrogens (primary N) is 2. The topological polar surface area (TPSA) is 161 Å². The summed E-state index contributed by atoms with van der Waals surface area (Å²) in [4.78, 5) is 29.7. The van der Waals surface area contributed by atoms with E-state index in [4.69, 9.17) is 33.5 Å². The van der Waals surface area contributed by atoms with Gasteiger partial charge in [0.15, 0.2) is 10.8 Å². The molecular weight excluding hydrogens is 517 g/mol. The largest absolute Gasteiger partial charge is 0.382 e. The summed E-state index contributed by atoms with van der Waals surface area (Å²) < 4.78 is 17.3. The van der Waals surface area contributed by atoms with Gasteiger partial charge in [-0.05, 0) is 37.5 Å². The molecule has 3 heterocycles. The molecular formula is C24H23ClFN9OS. The minimum Gasteiger partial charge on any atom is -0.382 e. The Balaban J connectivity index is 1.59. The molecule has 0 aliphatic heterocycles. The molecule has 1 saturated carbocycles. The first kappa shape index (κ1) is 24.9. The molecule has 37 heavy (non-hydrogen) atoms. The standard InChI is InChI=1S/C24H23ClFN9OS/c25-19-10-31-24(37-19)23(36)34-14-6-3-7-17(20(14)28)35-18-8-15(21(29)32-11-27)30-9-16(18)33-22(35)12-4-1-2-5-13(12)26/h1-2,4-5,8-11,14,17,20H,3,6-7,28H2,(H,34,36)(H3,27,29,32). The molecule has 10 nitrogen and oxygen atoms in total. The molecule has 13 heteroatoms. The highest BCUT2D eigenvalue weighted by atomic mass is 35.5. The van der Waals surface area contributed by atoms with Gasteiger partial charge in [0, 0.05) is 12.1 Å². The lowest BCUT2D eigenvalue weighted by Gasteiger charge is -2.37. The van der Waals surface area contributed by atoms with Gasteiger partial charge in [0.25, 0.3) is 5.91 Å². The number of carbonyl (C=O) groups is 1. The summed E-state index contributed by atoms with van der Waals surface area (Å²) in [5.74, 6) is -0.303. The number of nitrogens with one attached hydrogen (secondary N) is 2. The van der Waals surface area contributed by atoms with Crippen LogP contribution >= 0.6 is 22.9 Å². The Morgan fingerprint density at radius 3 is 2.84 bits per heavy atom. The fraction of sp³-hybridized carbons (Fsp3) is 0.250. The van der Waals surface area contributed by atoms with Crippen molar-refractivity contribution in [1.29, 1.82) is 5.41 Å². The number of aromatic nitrogens is 4. The third-order valence-electron chi connectivity index (χ3n) is 6.40. The summed E-state index contributed by atoms with van der Waals surface area (Å²) in [7, 11) is 0. The number of hydrogen-bond acceptors (Lipinski definition) is 7.